The van der Waals surface area contributed by atoms with E-state index in [0.717, 1.165) is 11.1 Å². The summed E-state index contributed by atoms with van der Waals surface area (Å²) >= 11 is 12.1. The monoisotopic (exact) mass is 347 g/mol. The minimum absolute atomic E-state index is 0.227. The lowest BCUT2D eigenvalue weighted by atomic mass is 10.1. The fraction of sp³-hybridized carbons (Fsp3) is 0.176. The van der Waals surface area contributed by atoms with E-state index < -0.39 is 0 Å². The molecule has 0 radical (unpaired) electrons. The van der Waals surface area contributed by atoms with Gasteiger partial charge in [-0.05, 0) is 43.2 Å². The number of nitrogens with zero attached hydrogens (tertiary/aromatic N) is 3. The number of aromatic nitrogens is 3. The third-order valence-corrected chi connectivity index (χ3v) is 4.31. The van der Waals surface area contributed by atoms with Crippen molar-refractivity contribution in [2.24, 2.45) is 0 Å². The molecule has 0 aliphatic carbocycles. The normalized spacial score (nSPS) is 11.0. The summed E-state index contributed by atoms with van der Waals surface area (Å²) in [6.07, 6.45) is 0. The first-order valence-corrected chi connectivity index (χ1v) is 7.89. The quantitative estimate of drug-likeness (QED) is 0.718. The van der Waals surface area contributed by atoms with Gasteiger partial charge in [0.15, 0.2) is 0 Å². The van der Waals surface area contributed by atoms with Crippen molar-refractivity contribution in [2.75, 3.05) is 0 Å². The molecule has 23 heavy (non-hydrogen) atoms. The number of rotatable bonds is 3. The third kappa shape index (κ3) is 3.05. The molecule has 0 saturated carbocycles. The Bertz CT molecular complexity index is 928. The summed E-state index contributed by atoms with van der Waals surface area (Å²) in [6.45, 7) is 4.30. The molecule has 1 heterocycles. The van der Waals surface area contributed by atoms with Crippen LogP contribution in [0.4, 0.5) is 0 Å². The molecule has 0 bridgehead atoms. The van der Waals surface area contributed by atoms with Gasteiger partial charge in [-0.1, -0.05) is 47.5 Å². The van der Waals surface area contributed by atoms with Gasteiger partial charge in [-0.2, -0.15) is 9.78 Å². The third-order valence-electron chi connectivity index (χ3n) is 3.78. The SMILES string of the molecule is Cc1ccccc1Cn1c(C)nn(-c2ccc(Cl)cc2Cl)c1=O. The smallest absolute Gasteiger partial charge is 0.274 e. The first kappa shape index (κ1) is 15.8. The highest BCUT2D eigenvalue weighted by molar-refractivity contribution is 6.35. The molecule has 0 aliphatic heterocycles. The van der Waals surface area contributed by atoms with Crippen LogP contribution in [0.15, 0.2) is 47.3 Å². The Kier molecular flexibility index (Phi) is 4.28. The maximum Gasteiger partial charge on any atom is 0.351 e. The van der Waals surface area contributed by atoms with Crippen molar-refractivity contribution in [3.8, 4) is 5.69 Å². The number of hydrogen-bond acceptors (Lipinski definition) is 2. The number of benzene rings is 2. The molecular formula is C17H15Cl2N3O. The van der Waals surface area contributed by atoms with Crippen molar-refractivity contribution in [3.63, 3.8) is 0 Å². The summed E-state index contributed by atoms with van der Waals surface area (Å²) < 4.78 is 2.94. The van der Waals surface area contributed by atoms with E-state index >= 15 is 0 Å². The van der Waals surface area contributed by atoms with Gasteiger partial charge in [-0.3, -0.25) is 4.57 Å². The van der Waals surface area contributed by atoms with Gasteiger partial charge in [0.05, 0.1) is 17.3 Å². The molecule has 2 aromatic carbocycles. The second-order valence-electron chi connectivity index (χ2n) is 5.35. The standard InChI is InChI=1S/C17H15Cl2N3O/c1-11-5-3-4-6-13(11)10-21-12(2)20-22(17(21)23)16-8-7-14(18)9-15(16)19/h3-9H,10H2,1-2H3. The summed E-state index contributed by atoms with van der Waals surface area (Å²) in [5.74, 6) is 0.629. The van der Waals surface area contributed by atoms with Gasteiger partial charge in [-0.25, -0.2) is 4.79 Å². The fourth-order valence-corrected chi connectivity index (χ4v) is 2.93. The number of halogens is 2. The van der Waals surface area contributed by atoms with Crippen LogP contribution in [0, 0.1) is 13.8 Å². The average Bonchev–Trinajstić information content (AvgIpc) is 2.77. The number of hydrogen-bond donors (Lipinski definition) is 0. The zero-order valence-corrected chi connectivity index (χ0v) is 14.3. The van der Waals surface area contributed by atoms with Crippen molar-refractivity contribution in [3.05, 3.63) is 79.9 Å². The van der Waals surface area contributed by atoms with Crippen molar-refractivity contribution in [1.82, 2.24) is 14.3 Å². The van der Waals surface area contributed by atoms with E-state index in [1.807, 2.05) is 31.2 Å². The van der Waals surface area contributed by atoms with E-state index in [9.17, 15) is 4.79 Å². The maximum atomic E-state index is 12.7. The largest absolute Gasteiger partial charge is 0.351 e. The van der Waals surface area contributed by atoms with E-state index in [0.29, 0.717) is 28.1 Å². The predicted molar refractivity (Wildman–Crippen MR) is 92.9 cm³/mol. The van der Waals surface area contributed by atoms with E-state index in [4.69, 9.17) is 23.2 Å². The van der Waals surface area contributed by atoms with Gasteiger partial charge >= 0.3 is 5.69 Å². The fourth-order valence-electron chi connectivity index (χ4n) is 2.44. The molecule has 0 aliphatic rings. The van der Waals surface area contributed by atoms with Crippen molar-refractivity contribution < 1.29 is 0 Å². The minimum atomic E-state index is -0.227. The molecule has 3 rings (SSSR count). The van der Waals surface area contributed by atoms with Crippen LogP contribution in [0.5, 0.6) is 0 Å². The molecule has 6 heteroatoms. The molecule has 4 nitrogen and oxygen atoms in total. The average molecular weight is 348 g/mol. The van der Waals surface area contributed by atoms with Gasteiger partial charge < -0.3 is 0 Å². The van der Waals surface area contributed by atoms with Crippen LogP contribution < -0.4 is 5.69 Å². The highest BCUT2D eigenvalue weighted by Crippen LogP contribution is 2.23. The Morgan fingerprint density at radius 3 is 2.52 bits per heavy atom. The van der Waals surface area contributed by atoms with Gasteiger partial charge in [0.1, 0.15) is 5.82 Å². The highest BCUT2D eigenvalue weighted by atomic mass is 35.5. The van der Waals surface area contributed by atoms with Crippen LogP contribution in [-0.4, -0.2) is 14.3 Å². The summed E-state index contributed by atoms with van der Waals surface area (Å²) in [4.78, 5) is 12.7. The molecule has 0 N–H and O–H groups in total. The van der Waals surface area contributed by atoms with Gasteiger partial charge in [0.25, 0.3) is 0 Å². The van der Waals surface area contributed by atoms with Crippen molar-refractivity contribution in [2.45, 2.75) is 20.4 Å². The summed E-state index contributed by atoms with van der Waals surface area (Å²) in [5.41, 5.74) is 2.51. The van der Waals surface area contributed by atoms with E-state index in [1.54, 1.807) is 29.7 Å². The predicted octanol–water partition coefficient (Wildman–Crippen LogP) is 4.01. The summed E-state index contributed by atoms with van der Waals surface area (Å²) in [5, 5.41) is 5.24. The lowest BCUT2D eigenvalue weighted by Gasteiger charge is -2.06. The van der Waals surface area contributed by atoms with Crippen LogP contribution >= 0.6 is 23.2 Å². The van der Waals surface area contributed by atoms with Crippen LogP contribution in [0.2, 0.25) is 10.0 Å². The second kappa shape index (κ2) is 6.22. The number of aryl methyl sites for hydroxylation is 2. The zero-order chi connectivity index (χ0) is 16.6. The molecular weight excluding hydrogens is 333 g/mol. The first-order valence-electron chi connectivity index (χ1n) is 7.14. The molecule has 118 valence electrons. The Hall–Kier alpha value is -2.04. The van der Waals surface area contributed by atoms with Crippen LogP contribution in [0.25, 0.3) is 5.69 Å². The lowest BCUT2D eigenvalue weighted by Crippen LogP contribution is -2.25. The summed E-state index contributed by atoms with van der Waals surface area (Å²) in [6, 6.07) is 12.9. The molecule has 0 spiro atoms. The van der Waals surface area contributed by atoms with Crippen LogP contribution in [0.1, 0.15) is 17.0 Å². The van der Waals surface area contributed by atoms with Gasteiger partial charge in [0, 0.05) is 5.02 Å². The Morgan fingerprint density at radius 1 is 1.09 bits per heavy atom. The van der Waals surface area contributed by atoms with Crippen molar-refractivity contribution in [1.29, 1.82) is 0 Å². The van der Waals surface area contributed by atoms with Gasteiger partial charge in [0.2, 0.25) is 0 Å². The van der Waals surface area contributed by atoms with Gasteiger partial charge in [-0.15, -0.1) is 0 Å². The first-order chi connectivity index (χ1) is 11.0. The molecule has 0 unspecified atom stereocenters. The lowest BCUT2D eigenvalue weighted by molar-refractivity contribution is 0.720. The highest BCUT2D eigenvalue weighted by Gasteiger charge is 2.14. The second-order valence-corrected chi connectivity index (χ2v) is 6.19. The maximum absolute atomic E-state index is 12.7. The minimum Gasteiger partial charge on any atom is -0.274 e. The van der Waals surface area contributed by atoms with E-state index in [-0.39, 0.29) is 5.69 Å². The molecule has 3 aromatic rings. The molecule has 0 amide bonds. The zero-order valence-electron chi connectivity index (χ0n) is 12.8. The molecule has 1 aromatic heterocycles. The molecule has 0 fully saturated rings. The van der Waals surface area contributed by atoms with Crippen molar-refractivity contribution >= 4 is 23.2 Å². The summed E-state index contributed by atoms with van der Waals surface area (Å²) in [7, 11) is 0. The Balaban J connectivity index is 2.07. The molecule has 0 atom stereocenters. The van der Waals surface area contributed by atoms with E-state index in [1.165, 1.54) is 4.68 Å². The molecule has 0 saturated heterocycles. The van der Waals surface area contributed by atoms with Crippen LogP contribution in [-0.2, 0) is 6.54 Å². The topological polar surface area (TPSA) is 39.8 Å². The van der Waals surface area contributed by atoms with E-state index in [2.05, 4.69) is 5.10 Å². The Morgan fingerprint density at radius 2 is 1.83 bits per heavy atom. The Labute approximate surface area is 143 Å². The van der Waals surface area contributed by atoms with Crippen LogP contribution in [0.3, 0.4) is 0 Å².